The molecule has 2 aromatic heterocycles. The Balaban J connectivity index is 1.15. The molecule has 1 N–H and O–H groups in total. The molecule has 40 heavy (non-hydrogen) atoms. The van der Waals surface area contributed by atoms with Crippen molar-refractivity contribution in [2.24, 2.45) is 4.99 Å². The molecule has 14 heteroatoms. The minimum Gasteiger partial charge on any atom is -0.406 e. The van der Waals surface area contributed by atoms with E-state index in [9.17, 15) is 22.8 Å². The molecular weight excluding hydrogens is 547 g/mol. The number of aromatic nitrogens is 4. The van der Waals surface area contributed by atoms with Gasteiger partial charge in [0.25, 0.3) is 0 Å². The van der Waals surface area contributed by atoms with Crippen LogP contribution in [-0.2, 0) is 17.6 Å². The summed E-state index contributed by atoms with van der Waals surface area (Å²) in [7, 11) is 0. The minimum atomic E-state index is -4.75. The number of thioether (sulfide) groups is 1. The van der Waals surface area contributed by atoms with Gasteiger partial charge in [0.2, 0.25) is 5.91 Å². The van der Waals surface area contributed by atoms with E-state index in [1.54, 1.807) is 30.5 Å². The number of amides is 3. The molecule has 0 unspecified atom stereocenters. The van der Waals surface area contributed by atoms with E-state index in [1.807, 2.05) is 12.1 Å². The molecule has 204 valence electrons. The number of rotatable bonds is 7. The van der Waals surface area contributed by atoms with Crippen LogP contribution < -0.4 is 15.0 Å². The molecule has 3 amide bonds. The van der Waals surface area contributed by atoms with Crippen molar-refractivity contribution < 1.29 is 27.5 Å². The third-order valence-corrected chi connectivity index (χ3v) is 6.51. The Morgan fingerprint density at radius 1 is 1.05 bits per heavy atom. The number of halogens is 3. The van der Waals surface area contributed by atoms with Crippen molar-refractivity contribution >= 4 is 40.2 Å². The van der Waals surface area contributed by atoms with Crippen molar-refractivity contribution in [3.63, 3.8) is 0 Å². The molecule has 0 aliphatic carbocycles. The van der Waals surface area contributed by atoms with Crippen molar-refractivity contribution in [3.8, 4) is 11.4 Å². The van der Waals surface area contributed by atoms with Gasteiger partial charge in [0, 0.05) is 18.3 Å². The number of ether oxygens (including phenoxy) is 1. The highest BCUT2D eigenvalue weighted by Gasteiger charge is 2.31. The number of aliphatic imine (C=N–C) groups is 1. The molecule has 0 radical (unpaired) electrons. The molecule has 5 rings (SSSR count). The maximum atomic E-state index is 12.5. The summed E-state index contributed by atoms with van der Waals surface area (Å²) in [6.45, 7) is 0. The number of amidine groups is 1. The Hall–Kier alpha value is -4.72. The van der Waals surface area contributed by atoms with Gasteiger partial charge in [-0.25, -0.2) is 14.5 Å². The average molecular weight is 568 g/mol. The Morgan fingerprint density at radius 3 is 2.52 bits per heavy atom. The minimum absolute atomic E-state index is 0.179. The van der Waals surface area contributed by atoms with Gasteiger partial charge < -0.3 is 10.1 Å². The summed E-state index contributed by atoms with van der Waals surface area (Å²) in [6.07, 6.45) is 1.01. The van der Waals surface area contributed by atoms with Crippen molar-refractivity contribution in [2.45, 2.75) is 19.2 Å². The molecule has 1 aliphatic heterocycles. The number of alkyl halides is 3. The fraction of sp³-hybridized carbons (Fsp3) is 0.154. The molecule has 1 aliphatic rings. The van der Waals surface area contributed by atoms with Crippen LogP contribution in [0.1, 0.15) is 11.4 Å². The normalized spacial score (nSPS) is 14.5. The maximum absolute atomic E-state index is 12.5. The lowest BCUT2D eigenvalue weighted by molar-refractivity contribution is -0.274. The second kappa shape index (κ2) is 11.6. The lowest BCUT2D eigenvalue weighted by Gasteiger charge is -2.15. The number of nitrogens with zero attached hydrogens (tertiary/aromatic N) is 6. The number of anilines is 2. The quantitative estimate of drug-likeness (QED) is 0.334. The molecule has 0 bridgehead atoms. The maximum Gasteiger partial charge on any atom is 0.573 e. The number of nitrogens with one attached hydrogen (secondary N) is 1. The van der Waals surface area contributed by atoms with Crippen LogP contribution in [0.4, 0.5) is 29.3 Å². The number of benzene rings is 2. The molecule has 3 heterocycles. The molecule has 0 spiro atoms. The topological polar surface area (TPSA) is 115 Å². The zero-order valence-corrected chi connectivity index (χ0v) is 21.4. The van der Waals surface area contributed by atoms with E-state index >= 15 is 0 Å². The smallest absolute Gasteiger partial charge is 0.406 e. The lowest BCUT2D eigenvalue weighted by Crippen LogP contribution is -2.30. The van der Waals surface area contributed by atoms with Crippen molar-refractivity contribution in [2.75, 3.05) is 16.0 Å². The molecule has 10 nitrogen and oxygen atoms in total. The number of pyridine rings is 1. The van der Waals surface area contributed by atoms with Gasteiger partial charge in [-0.3, -0.25) is 14.7 Å². The van der Waals surface area contributed by atoms with E-state index in [0.29, 0.717) is 35.7 Å². The summed E-state index contributed by atoms with van der Waals surface area (Å²) in [5.74, 6) is 0.251. The number of carbonyl (C=O) groups is 2. The first-order valence-electron chi connectivity index (χ1n) is 11.8. The van der Waals surface area contributed by atoms with E-state index in [4.69, 9.17) is 0 Å². The van der Waals surface area contributed by atoms with Gasteiger partial charge in [0.05, 0.1) is 23.3 Å². The van der Waals surface area contributed by atoms with Crippen molar-refractivity contribution in [3.05, 3.63) is 90.8 Å². The van der Waals surface area contributed by atoms with E-state index in [1.165, 1.54) is 58.1 Å². The van der Waals surface area contributed by atoms with Gasteiger partial charge in [-0.1, -0.05) is 23.9 Å². The van der Waals surface area contributed by atoms with Crippen molar-refractivity contribution in [1.82, 2.24) is 19.7 Å². The van der Waals surface area contributed by atoms with Crippen LogP contribution in [0.3, 0.4) is 0 Å². The third kappa shape index (κ3) is 6.83. The van der Waals surface area contributed by atoms with E-state index in [-0.39, 0.29) is 22.6 Å². The molecular formula is C26H20F3N7O3S. The highest BCUT2D eigenvalue weighted by Crippen LogP contribution is 2.26. The summed E-state index contributed by atoms with van der Waals surface area (Å²) < 4.78 is 42.4. The first kappa shape index (κ1) is 26.9. The van der Waals surface area contributed by atoms with Gasteiger partial charge in [-0.05, 0) is 60.5 Å². The average Bonchev–Trinajstić information content (AvgIpc) is 3.55. The monoisotopic (exact) mass is 567 g/mol. The van der Waals surface area contributed by atoms with Gasteiger partial charge >= 0.3 is 12.4 Å². The first-order valence-corrected chi connectivity index (χ1v) is 12.8. The lowest BCUT2D eigenvalue weighted by atomic mass is 10.1. The number of carbonyl (C=O) groups excluding carboxylic acids is 2. The van der Waals surface area contributed by atoms with Crippen LogP contribution in [0.15, 0.2) is 84.4 Å². The van der Waals surface area contributed by atoms with Gasteiger partial charge in [-0.15, -0.1) is 13.2 Å². The second-order valence-corrected chi connectivity index (χ2v) is 9.34. The van der Waals surface area contributed by atoms with E-state index < -0.39 is 12.4 Å². The first-order chi connectivity index (χ1) is 19.2. The molecule has 1 saturated heterocycles. The Morgan fingerprint density at radius 2 is 1.82 bits per heavy atom. The standard InChI is InChI=1S/C26H20F3N7O3S/c27-26(28,29)39-21-10-8-19(9-11-21)35-16-31-22(34-35)12-5-17-3-6-18(7-4-17)32-24(38)33-25-36(23(37)15-40-25)20-2-1-13-30-14-20/h1-4,6-11,13-14,16H,5,12,15H2,(H,32,38)/b33-25-. The fourth-order valence-electron chi connectivity index (χ4n) is 3.77. The number of urea groups is 1. The highest BCUT2D eigenvalue weighted by molar-refractivity contribution is 8.15. The summed E-state index contributed by atoms with van der Waals surface area (Å²) >= 11 is 1.18. The Bertz CT molecular complexity index is 1530. The van der Waals surface area contributed by atoms with E-state index in [2.05, 4.69) is 30.1 Å². The summed E-state index contributed by atoms with van der Waals surface area (Å²) in [4.78, 5) is 38.5. The van der Waals surface area contributed by atoms with Gasteiger partial charge in [-0.2, -0.15) is 10.1 Å². The number of hydrogen-bond donors (Lipinski definition) is 1. The third-order valence-electron chi connectivity index (χ3n) is 5.58. The summed E-state index contributed by atoms with van der Waals surface area (Å²) in [5, 5.41) is 7.36. The SMILES string of the molecule is O=C(/N=C1\SCC(=O)N1c1cccnc1)Nc1ccc(CCc2ncn(-c3ccc(OC(F)(F)F)cc3)n2)cc1. The number of hydrogen-bond acceptors (Lipinski definition) is 7. The van der Waals surface area contributed by atoms with Crippen LogP contribution >= 0.6 is 11.8 Å². The molecule has 2 aromatic carbocycles. The summed E-state index contributed by atoms with van der Waals surface area (Å²) in [5.41, 5.74) is 2.61. The molecule has 0 atom stereocenters. The number of aryl methyl sites for hydroxylation is 2. The second-order valence-electron chi connectivity index (χ2n) is 8.40. The Kier molecular flexibility index (Phi) is 7.77. The predicted octanol–water partition coefficient (Wildman–Crippen LogP) is 5.01. The molecule has 4 aromatic rings. The van der Waals surface area contributed by atoms with Crippen LogP contribution in [0, 0.1) is 0 Å². The zero-order valence-electron chi connectivity index (χ0n) is 20.6. The fourth-order valence-corrected chi connectivity index (χ4v) is 4.64. The van der Waals surface area contributed by atoms with E-state index in [0.717, 1.165) is 5.56 Å². The van der Waals surface area contributed by atoms with Crippen LogP contribution in [0.25, 0.3) is 5.69 Å². The Labute approximate surface area is 229 Å². The van der Waals surface area contributed by atoms with Crippen molar-refractivity contribution in [1.29, 1.82) is 0 Å². The van der Waals surface area contributed by atoms with Crippen LogP contribution in [-0.4, -0.2) is 49.0 Å². The zero-order chi connectivity index (χ0) is 28.1. The van der Waals surface area contributed by atoms with Gasteiger partial charge in [0.15, 0.2) is 11.0 Å². The van der Waals surface area contributed by atoms with Crippen LogP contribution in [0.2, 0.25) is 0 Å². The molecule has 0 saturated carbocycles. The van der Waals surface area contributed by atoms with Gasteiger partial charge in [0.1, 0.15) is 12.1 Å². The molecule has 1 fully saturated rings. The largest absolute Gasteiger partial charge is 0.573 e. The predicted molar refractivity (Wildman–Crippen MR) is 143 cm³/mol. The summed E-state index contributed by atoms with van der Waals surface area (Å²) in [6, 6.07) is 15.3. The van der Waals surface area contributed by atoms with Crippen LogP contribution in [0.5, 0.6) is 5.75 Å². The highest BCUT2D eigenvalue weighted by atomic mass is 32.2.